The highest BCUT2D eigenvalue weighted by Crippen LogP contribution is 2.34. The Morgan fingerprint density at radius 2 is 1.95 bits per heavy atom. The van der Waals surface area contributed by atoms with Gasteiger partial charge >= 0.3 is 0 Å². The van der Waals surface area contributed by atoms with E-state index in [2.05, 4.69) is 25.6 Å². The summed E-state index contributed by atoms with van der Waals surface area (Å²) in [5.41, 5.74) is 1.49. The second kappa shape index (κ2) is 10.5. The van der Waals surface area contributed by atoms with Crippen molar-refractivity contribution in [3.05, 3.63) is 82.6 Å². The van der Waals surface area contributed by atoms with Crippen molar-refractivity contribution in [1.82, 2.24) is 25.0 Å². The molecule has 1 aliphatic rings. The zero-order valence-electron chi connectivity index (χ0n) is 20.8. The molecule has 10 nitrogen and oxygen atoms in total. The van der Waals surface area contributed by atoms with Gasteiger partial charge in [-0.15, -0.1) is 0 Å². The van der Waals surface area contributed by atoms with Gasteiger partial charge in [0.1, 0.15) is 0 Å². The summed E-state index contributed by atoms with van der Waals surface area (Å²) in [6.07, 6.45) is 7.47. The van der Waals surface area contributed by atoms with Gasteiger partial charge in [-0.1, -0.05) is 23.5 Å². The van der Waals surface area contributed by atoms with E-state index in [-0.39, 0.29) is 33.2 Å². The maximum atomic E-state index is 13.1. The molecule has 0 bridgehead atoms. The van der Waals surface area contributed by atoms with Crippen LogP contribution in [0.15, 0.2) is 70.8 Å². The van der Waals surface area contributed by atoms with Gasteiger partial charge in [0.05, 0.1) is 33.8 Å². The fraction of sp³-hybridized carbons (Fsp3) is 0.231. The Bertz CT molecular complexity index is 1620. The Labute approximate surface area is 224 Å². The average Bonchev–Trinajstić information content (AvgIpc) is 3.55. The van der Waals surface area contributed by atoms with E-state index in [0.29, 0.717) is 5.13 Å². The highest BCUT2D eigenvalue weighted by molar-refractivity contribution is 7.91. The molecule has 5 rings (SSSR count). The van der Waals surface area contributed by atoms with Crippen LogP contribution in [0.3, 0.4) is 0 Å². The lowest BCUT2D eigenvalue weighted by Gasteiger charge is -2.10. The lowest BCUT2D eigenvalue weighted by Crippen LogP contribution is -2.22. The van der Waals surface area contributed by atoms with Gasteiger partial charge in [-0.2, -0.15) is 5.10 Å². The molecule has 2 N–H and O–H groups in total. The highest BCUT2D eigenvalue weighted by atomic mass is 32.2. The maximum Gasteiger partial charge on any atom is 0.257 e. The number of hydrogen-bond donors (Lipinski definition) is 2. The Kier molecular flexibility index (Phi) is 7.11. The van der Waals surface area contributed by atoms with E-state index in [1.54, 1.807) is 23.0 Å². The number of amides is 2. The number of hydrogen-bond acceptors (Lipinski definition) is 8. The van der Waals surface area contributed by atoms with Gasteiger partial charge in [-0.25, -0.2) is 18.1 Å². The summed E-state index contributed by atoms with van der Waals surface area (Å²) in [6.45, 7) is 1.24. The van der Waals surface area contributed by atoms with Gasteiger partial charge in [-0.3, -0.25) is 9.59 Å². The molecule has 0 spiro atoms. The summed E-state index contributed by atoms with van der Waals surface area (Å²) in [7, 11) is 0.167. The van der Waals surface area contributed by atoms with Crippen molar-refractivity contribution in [3.63, 3.8) is 0 Å². The fourth-order valence-corrected chi connectivity index (χ4v) is 6.52. The SMILES string of the molecule is CN(C)CCCc1cnn(-c2ncc(CNC(=O)c3ccc4c(c3)NC(=O)c3ccccc3S4(=O)=O)s2)c1. The zero-order chi connectivity index (χ0) is 26.9. The molecule has 0 saturated carbocycles. The third kappa shape index (κ3) is 5.23. The molecular weight excluding hydrogens is 524 g/mol. The molecule has 0 atom stereocenters. The van der Waals surface area contributed by atoms with E-state index in [0.717, 1.165) is 29.8 Å². The molecule has 0 radical (unpaired) electrons. The number of nitrogens with one attached hydrogen (secondary N) is 2. The summed E-state index contributed by atoms with van der Waals surface area (Å²) in [5, 5.41) is 10.6. The molecule has 2 aromatic carbocycles. The molecule has 0 unspecified atom stereocenters. The van der Waals surface area contributed by atoms with Gasteiger partial charge in [0.15, 0.2) is 0 Å². The van der Waals surface area contributed by atoms with Crippen LogP contribution in [-0.2, 0) is 22.8 Å². The summed E-state index contributed by atoms with van der Waals surface area (Å²) in [5.74, 6) is -0.949. The normalized spacial score (nSPS) is 13.9. The number of carbonyl (C=O) groups excluding carboxylic acids is 2. The van der Waals surface area contributed by atoms with Crippen LogP contribution < -0.4 is 10.6 Å². The first-order valence-corrected chi connectivity index (χ1v) is 14.2. The number of aryl methyl sites for hydroxylation is 1. The third-order valence-electron chi connectivity index (χ3n) is 6.07. The smallest absolute Gasteiger partial charge is 0.257 e. The average molecular weight is 551 g/mol. The molecule has 1 aliphatic heterocycles. The third-order valence-corrected chi connectivity index (χ3v) is 8.93. The summed E-state index contributed by atoms with van der Waals surface area (Å²) in [6, 6.07) is 10.2. The van der Waals surface area contributed by atoms with E-state index in [9.17, 15) is 18.0 Å². The first-order valence-electron chi connectivity index (χ1n) is 11.9. The van der Waals surface area contributed by atoms with Crippen LogP contribution in [0.5, 0.6) is 0 Å². The monoisotopic (exact) mass is 550 g/mol. The number of anilines is 1. The lowest BCUT2D eigenvalue weighted by molar-refractivity contribution is 0.0949. The van der Waals surface area contributed by atoms with E-state index in [1.165, 1.54) is 41.7 Å². The number of benzene rings is 2. The number of fused-ring (bicyclic) bond motifs is 2. The second-order valence-corrected chi connectivity index (χ2v) is 12.1. The number of carbonyl (C=O) groups is 2. The number of nitrogens with zero attached hydrogens (tertiary/aromatic N) is 4. The molecule has 3 heterocycles. The van der Waals surface area contributed by atoms with Crippen LogP contribution >= 0.6 is 11.3 Å². The van der Waals surface area contributed by atoms with Gasteiger partial charge in [0, 0.05) is 22.8 Å². The van der Waals surface area contributed by atoms with Crippen LogP contribution in [0.25, 0.3) is 5.13 Å². The molecule has 2 aromatic heterocycles. The van der Waals surface area contributed by atoms with E-state index in [1.807, 2.05) is 26.5 Å². The van der Waals surface area contributed by atoms with E-state index < -0.39 is 21.7 Å². The number of sulfone groups is 1. The van der Waals surface area contributed by atoms with E-state index >= 15 is 0 Å². The predicted molar refractivity (Wildman–Crippen MR) is 144 cm³/mol. The van der Waals surface area contributed by atoms with Crippen LogP contribution in [-0.4, -0.2) is 60.5 Å². The first kappa shape index (κ1) is 25.8. The molecule has 4 aromatic rings. The van der Waals surface area contributed by atoms with Crippen LogP contribution in [0.4, 0.5) is 5.69 Å². The second-order valence-electron chi connectivity index (χ2n) is 9.16. The largest absolute Gasteiger partial charge is 0.347 e. The highest BCUT2D eigenvalue weighted by Gasteiger charge is 2.31. The van der Waals surface area contributed by atoms with Crippen LogP contribution in [0, 0.1) is 0 Å². The van der Waals surface area contributed by atoms with Gasteiger partial charge < -0.3 is 15.5 Å². The standard InChI is InChI=1S/C26H26N6O4S2/c1-31(2)11-5-6-17-13-29-32(16-17)26-28-15-19(37-26)14-27-24(33)18-9-10-23-21(12-18)30-25(34)20-7-3-4-8-22(20)38(23,35)36/h3-4,7-10,12-13,15-16H,5-6,11,14H2,1-2H3,(H,27,33)(H,30,34). The Hall–Kier alpha value is -3.87. The molecule has 0 saturated heterocycles. The van der Waals surface area contributed by atoms with Crippen molar-refractivity contribution in [3.8, 4) is 5.13 Å². The molecule has 38 heavy (non-hydrogen) atoms. The molecular formula is C26H26N6O4S2. The number of rotatable bonds is 8. The van der Waals surface area contributed by atoms with E-state index in [4.69, 9.17) is 0 Å². The minimum Gasteiger partial charge on any atom is -0.347 e. The quantitative estimate of drug-likeness (QED) is 0.345. The van der Waals surface area contributed by atoms with Crippen molar-refractivity contribution in [2.24, 2.45) is 0 Å². The summed E-state index contributed by atoms with van der Waals surface area (Å²) < 4.78 is 28.0. The fourth-order valence-electron chi connectivity index (χ4n) is 4.15. The Balaban J connectivity index is 1.26. The molecule has 12 heteroatoms. The zero-order valence-corrected chi connectivity index (χ0v) is 22.5. The Morgan fingerprint density at radius 1 is 1.13 bits per heavy atom. The molecule has 0 aliphatic carbocycles. The summed E-state index contributed by atoms with van der Waals surface area (Å²) in [4.78, 5) is 32.8. The first-order chi connectivity index (χ1) is 18.2. The van der Waals surface area contributed by atoms with Crippen molar-refractivity contribution in [2.45, 2.75) is 29.2 Å². The minimum absolute atomic E-state index is 0.0558. The van der Waals surface area contributed by atoms with Crippen LogP contribution in [0.2, 0.25) is 0 Å². The predicted octanol–water partition coefficient (Wildman–Crippen LogP) is 3.15. The topological polar surface area (TPSA) is 126 Å². The number of thiazole rings is 1. The Morgan fingerprint density at radius 3 is 2.76 bits per heavy atom. The van der Waals surface area contributed by atoms with Crippen molar-refractivity contribution >= 4 is 38.7 Å². The van der Waals surface area contributed by atoms with Crippen molar-refractivity contribution in [1.29, 1.82) is 0 Å². The minimum atomic E-state index is -3.93. The molecule has 0 fully saturated rings. The van der Waals surface area contributed by atoms with Crippen molar-refractivity contribution < 1.29 is 18.0 Å². The van der Waals surface area contributed by atoms with Crippen LogP contribution in [0.1, 0.15) is 37.6 Å². The number of aromatic nitrogens is 3. The molecule has 196 valence electrons. The van der Waals surface area contributed by atoms with Crippen molar-refractivity contribution in [2.75, 3.05) is 26.0 Å². The lowest BCUT2D eigenvalue weighted by atomic mass is 10.1. The van der Waals surface area contributed by atoms with Gasteiger partial charge in [-0.05, 0) is 69.4 Å². The summed E-state index contributed by atoms with van der Waals surface area (Å²) >= 11 is 1.41. The maximum absolute atomic E-state index is 13.1. The van der Waals surface area contributed by atoms with Gasteiger partial charge in [0.25, 0.3) is 11.8 Å². The van der Waals surface area contributed by atoms with Gasteiger partial charge in [0.2, 0.25) is 15.0 Å². The molecule has 2 amide bonds.